The van der Waals surface area contributed by atoms with Crippen LogP contribution in [-0.2, 0) is 4.74 Å². The van der Waals surface area contributed by atoms with Gasteiger partial charge in [0.15, 0.2) is 12.4 Å². The second-order valence-corrected chi connectivity index (χ2v) is 6.70. The number of carbonyl (C=O) groups excluding carboxylic acids is 2. The molecule has 0 atom stereocenters. The van der Waals surface area contributed by atoms with Gasteiger partial charge in [-0.15, -0.1) is 0 Å². The number of hydrogen-bond acceptors (Lipinski definition) is 4. The predicted octanol–water partition coefficient (Wildman–Crippen LogP) is 5.32. The van der Waals surface area contributed by atoms with Crippen molar-refractivity contribution in [3.63, 3.8) is 0 Å². The summed E-state index contributed by atoms with van der Waals surface area (Å²) < 4.78 is 11.5. The molecule has 0 N–H and O–H groups in total. The zero-order valence-corrected chi connectivity index (χ0v) is 16.1. The quantitative estimate of drug-likeness (QED) is 0.326. The minimum absolute atomic E-state index is 0.286. The van der Waals surface area contributed by atoms with E-state index in [1.165, 1.54) is 0 Å². The maximum absolute atomic E-state index is 12.3. The Morgan fingerprint density at radius 2 is 1.84 bits per heavy atom. The lowest BCUT2D eigenvalue weighted by Gasteiger charge is -2.11. The van der Waals surface area contributed by atoms with Crippen molar-refractivity contribution in [1.29, 1.82) is 0 Å². The molecule has 0 radical (unpaired) electrons. The molecule has 0 aromatic heterocycles. The van der Waals surface area contributed by atoms with Crippen molar-refractivity contribution >= 4 is 39.3 Å². The number of esters is 1. The number of hydrogen-bond donors (Lipinski definition) is 0. The minimum Gasteiger partial charge on any atom is -0.493 e. The van der Waals surface area contributed by atoms with Crippen molar-refractivity contribution in [1.82, 2.24) is 0 Å². The number of ketones is 1. The molecule has 25 heavy (non-hydrogen) atoms. The molecule has 0 saturated carbocycles. The van der Waals surface area contributed by atoms with Crippen LogP contribution in [0.2, 0.25) is 5.02 Å². The average Bonchev–Trinajstić information content (AvgIpc) is 2.61. The third kappa shape index (κ3) is 5.87. The lowest BCUT2D eigenvalue weighted by molar-refractivity contribution is 0.0470. The van der Waals surface area contributed by atoms with Crippen LogP contribution >= 0.6 is 27.5 Å². The Bertz CT molecular complexity index is 744. The largest absolute Gasteiger partial charge is 0.493 e. The second-order valence-electron chi connectivity index (χ2n) is 5.35. The van der Waals surface area contributed by atoms with E-state index in [0.29, 0.717) is 22.9 Å². The van der Waals surface area contributed by atoms with Crippen LogP contribution in [0.3, 0.4) is 0 Å². The van der Waals surface area contributed by atoms with Crippen LogP contribution in [0.1, 0.15) is 40.5 Å². The summed E-state index contributed by atoms with van der Waals surface area (Å²) in [6.45, 7) is 2.23. The molecular weight excluding hydrogens is 408 g/mol. The Hall–Kier alpha value is -1.85. The second kappa shape index (κ2) is 9.59. The fourth-order valence-electron chi connectivity index (χ4n) is 2.04. The molecule has 0 bridgehead atoms. The van der Waals surface area contributed by atoms with Crippen LogP contribution in [0, 0.1) is 0 Å². The predicted molar refractivity (Wildman–Crippen MR) is 101 cm³/mol. The van der Waals surface area contributed by atoms with Gasteiger partial charge in [0.25, 0.3) is 0 Å². The van der Waals surface area contributed by atoms with Gasteiger partial charge in [-0.2, -0.15) is 0 Å². The topological polar surface area (TPSA) is 52.6 Å². The molecule has 0 aliphatic carbocycles. The van der Waals surface area contributed by atoms with Crippen LogP contribution in [0.15, 0.2) is 46.9 Å². The molecular formula is C19H18BrClO4. The minimum atomic E-state index is -0.602. The van der Waals surface area contributed by atoms with Crippen LogP contribution in [0.4, 0.5) is 0 Å². The van der Waals surface area contributed by atoms with E-state index >= 15 is 0 Å². The number of halogens is 2. The molecule has 2 aromatic carbocycles. The summed E-state index contributed by atoms with van der Waals surface area (Å²) in [5.74, 6) is -0.454. The summed E-state index contributed by atoms with van der Waals surface area (Å²) in [5.41, 5.74) is 0.722. The van der Waals surface area contributed by atoms with Gasteiger partial charge in [0.1, 0.15) is 11.3 Å². The molecule has 6 heteroatoms. The summed E-state index contributed by atoms with van der Waals surface area (Å²) in [5, 5.41) is 0.538. The highest BCUT2D eigenvalue weighted by Crippen LogP contribution is 2.24. The molecule has 0 fully saturated rings. The first-order valence-electron chi connectivity index (χ1n) is 7.89. The Morgan fingerprint density at radius 1 is 1.12 bits per heavy atom. The third-order valence-electron chi connectivity index (χ3n) is 3.42. The van der Waals surface area contributed by atoms with Gasteiger partial charge in [-0.05, 0) is 48.9 Å². The summed E-state index contributed by atoms with van der Waals surface area (Å²) in [4.78, 5) is 24.4. The van der Waals surface area contributed by atoms with Crippen molar-refractivity contribution in [2.45, 2.75) is 19.8 Å². The van der Waals surface area contributed by atoms with E-state index in [1.807, 2.05) is 0 Å². The molecule has 0 unspecified atom stereocenters. The van der Waals surface area contributed by atoms with Crippen molar-refractivity contribution in [2.24, 2.45) is 0 Å². The summed E-state index contributed by atoms with van der Waals surface area (Å²) in [6, 6.07) is 11.5. The van der Waals surface area contributed by atoms with Gasteiger partial charge < -0.3 is 9.47 Å². The first-order chi connectivity index (χ1) is 12.0. The van der Waals surface area contributed by atoms with Crippen LogP contribution < -0.4 is 4.74 Å². The Labute approximate surface area is 160 Å². The molecule has 2 rings (SSSR count). The number of ether oxygens (including phenoxy) is 2. The van der Waals surface area contributed by atoms with E-state index in [4.69, 9.17) is 21.1 Å². The highest BCUT2D eigenvalue weighted by atomic mass is 79.9. The van der Waals surface area contributed by atoms with E-state index in [9.17, 15) is 9.59 Å². The maximum atomic E-state index is 12.3. The monoisotopic (exact) mass is 424 g/mol. The zero-order valence-electron chi connectivity index (χ0n) is 13.8. The number of benzene rings is 2. The van der Waals surface area contributed by atoms with Gasteiger partial charge in [-0.25, -0.2) is 4.79 Å². The van der Waals surface area contributed by atoms with Crippen molar-refractivity contribution < 1.29 is 19.1 Å². The lowest BCUT2D eigenvalue weighted by atomic mass is 10.1. The zero-order chi connectivity index (χ0) is 18.2. The van der Waals surface area contributed by atoms with Gasteiger partial charge in [-0.1, -0.05) is 40.9 Å². The Morgan fingerprint density at radius 3 is 2.52 bits per heavy atom. The fourth-order valence-corrected chi connectivity index (χ4v) is 2.53. The van der Waals surface area contributed by atoms with Gasteiger partial charge in [0.05, 0.1) is 6.61 Å². The molecule has 0 heterocycles. The molecule has 0 spiro atoms. The van der Waals surface area contributed by atoms with Gasteiger partial charge in [-0.3, -0.25) is 4.79 Å². The van der Waals surface area contributed by atoms with E-state index in [-0.39, 0.29) is 18.0 Å². The van der Waals surface area contributed by atoms with Gasteiger partial charge >= 0.3 is 5.97 Å². The van der Waals surface area contributed by atoms with Crippen LogP contribution in [-0.4, -0.2) is 25.0 Å². The molecule has 4 nitrogen and oxygen atoms in total. The van der Waals surface area contributed by atoms with Crippen molar-refractivity contribution in [3.8, 4) is 5.75 Å². The van der Waals surface area contributed by atoms with E-state index in [2.05, 4.69) is 22.9 Å². The van der Waals surface area contributed by atoms with Gasteiger partial charge in [0.2, 0.25) is 0 Å². The molecule has 0 saturated heterocycles. The summed E-state index contributed by atoms with van der Waals surface area (Å²) in [6.07, 6.45) is 1.88. The summed E-state index contributed by atoms with van der Waals surface area (Å²) >= 11 is 9.12. The first kappa shape index (κ1) is 19.5. The smallest absolute Gasteiger partial charge is 0.342 e. The number of rotatable bonds is 8. The Kier molecular flexibility index (Phi) is 7.47. The fraction of sp³-hybridized carbons (Fsp3) is 0.263. The number of unbranched alkanes of at least 4 members (excludes halogenated alkanes) is 1. The number of carbonyl (C=O) groups is 2. The van der Waals surface area contributed by atoms with Crippen LogP contribution in [0.25, 0.3) is 0 Å². The first-order valence-corrected chi connectivity index (χ1v) is 9.06. The maximum Gasteiger partial charge on any atom is 0.342 e. The highest BCUT2D eigenvalue weighted by molar-refractivity contribution is 9.10. The Balaban J connectivity index is 2.03. The van der Waals surface area contributed by atoms with E-state index < -0.39 is 5.97 Å². The van der Waals surface area contributed by atoms with E-state index in [0.717, 1.165) is 17.3 Å². The van der Waals surface area contributed by atoms with Crippen LogP contribution in [0.5, 0.6) is 5.75 Å². The molecule has 0 aliphatic heterocycles. The normalized spacial score (nSPS) is 10.4. The average molecular weight is 426 g/mol. The molecule has 132 valence electrons. The van der Waals surface area contributed by atoms with Gasteiger partial charge in [0, 0.05) is 15.1 Å². The molecule has 2 aromatic rings. The SMILES string of the molecule is CCCCOc1ccc(Br)cc1C(=O)OCC(=O)c1ccc(Cl)cc1. The van der Waals surface area contributed by atoms with E-state index in [1.54, 1.807) is 42.5 Å². The number of Topliss-reactive ketones (excluding diaryl/α,β-unsaturated/α-hetero) is 1. The van der Waals surface area contributed by atoms with Crippen molar-refractivity contribution in [3.05, 3.63) is 63.1 Å². The standard InChI is InChI=1S/C19H18BrClO4/c1-2-3-10-24-18-9-6-14(20)11-16(18)19(23)25-12-17(22)13-4-7-15(21)8-5-13/h4-9,11H,2-3,10,12H2,1H3. The molecule has 0 amide bonds. The summed E-state index contributed by atoms with van der Waals surface area (Å²) in [7, 11) is 0. The highest BCUT2D eigenvalue weighted by Gasteiger charge is 2.17. The molecule has 0 aliphatic rings. The third-order valence-corrected chi connectivity index (χ3v) is 4.16. The lowest BCUT2D eigenvalue weighted by Crippen LogP contribution is -2.15. The van der Waals surface area contributed by atoms with Crippen molar-refractivity contribution in [2.75, 3.05) is 13.2 Å².